The predicted molar refractivity (Wildman–Crippen MR) is 74.4 cm³/mol. The molecule has 2 fully saturated rings. The van der Waals surface area contributed by atoms with Gasteiger partial charge in [0.1, 0.15) is 5.15 Å². The number of rotatable bonds is 1. The third-order valence-corrected chi connectivity index (χ3v) is 4.30. The lowest BCUT2D eigenvalue weighted by atomic mass is 9.99. The van der Waals surface area contributed by atoms with Crippen molar-refractivity contribution in [1.82, 2.24) is 14.8 Å². The van der Waals surface area contributed by atoms with Gasteiger partial charge in [0.2, 0.25) is 0 Å². The Bertz CT molecular complexity index is 480. The molecule has 0 radical (unpaired) electrons. The highest BCUT2D eigenvalue weighted by Gasteiger charge is 2.31. The molecule has 0 unspecified atom stereocenters. The Morgan fingerprint density at radius 1 is 1.32 bits per heavy atom. The Balaban J connectivity index is 1.71. The maximum absolute atomic E-state index is 12.4. The monoisotopic (exact) mass is 279 g/mol. The number of halogens is 1. The number of carbonyl (C=O) groups is 1. The molecule has 2 saturated heterocycles. The number of amides is 1. The van der Waals surface area contributed by atoms with Crippen LogP contribution >= 0.6 is 11.6 Å². The van der Waals surface area contributed by atoms with Gasteiger partial charge in [0.25, 0.3) is 5.91 Å². The summed E-state index contributed by atoms with van der Waals surface area (Å²) in [6, 6.07) is 3.93. The molecular weight excluding hydrogens is 262 g/mol. The second-order valence-electron chi connectivity index (χ2n) is 5.30. The van der Waals surface area contributed by atoms with Crippen LogP contribution in [-0.4, -0.2) is 52.9 Å². The minimum Gasteiger partial charge on any atom is -0.336 e. The number of aromatic nitrogens is 1. The quantitative estimate of drug-likeness (QED) is 0.738. The molecule has 3 rings (SSSR count). The molecule has 3 heterocycles. The molecule has 0 bridgehead atoms. The fourth-order valence-electron chi connectivity index (χ4n) is 3.06. The highest BCUT2D eigenvalue weighted by molar-refractivity contribution is 6.29. The second-order valence-corrected chi connectivity index (χ2v) is 5.69. The second kappa shape index (κ2) is 5.47. The molecule has 1 atom stereocenters. The van der Waals surface area contributed by atoms with E-state index in [9.17, 15) is 4.79 Å². The smallest absolute Gasteiger partial charge is 0.254 e. The van der Waals surface area contributed by atoms with E-state index < -0.39 is 0 Å². The van der Waals surface area contributed by atoms with Gasteiger partial charge in [0.15, 0.2) is 0 Å². The molecule has 19 heavy (non-hydrogen) atoms. The van der Waals surface area contributed by atoms with Crippen LogP contribution in [0.2, 0.25) is 5.15 Å². The Labute approximate surface area is 118 Å². The first-order chi connectivity index (χ1) is 9.24. The molecule has 1 aromatic heterocycles. The molecule has 0 aliphatic carbocycles. The molecule has 1 amide bonds. The number of nitrogens with zero attached hydrogens (tertiary/aromatic N) is 3. The number of piperazine rings is 1. The maximum atomic E-state index is 12.4. The van der Waals surface area contributed by atoms with Crippen molar-refractivity contribution in [3.8, 4) is 0 Å². The van der Waals surface area contributed by atoms with Gasteiger partial charge in [-0.1, -0.05) is 18.0 Å². The van der Waals surface area contributed by atoms with Crippen molar-refractivity contribution in [3.05, 3.63) is 29.0 Å². The van der Waals surface area contributed by atoms with Crippen LogP contribution in [0.15, 0.2) is 18.3 Å². The minimum atomic E-state index is 0.0783. The van der Waals surface area contributed by atoms with Crippen molar-refractivity contribution in [3.63, 3.8) is 0 Å². The average Bonchev–Trinajstić information content (AvgIpc) is 2.46. The Morgan fingerprint density at radius 3 is 3.05 bits per heavy atom. The first-order valence-electron chi connectivity index (χ1n) is 6.89. The summed E-state index contributed by atoms with van der Waals surface area (Å²) in [5.41, 5.74) is 0.643. The number of fused-ring (bicyclic) bond motifs is 1. The van der Waals surface area contributed by atoms with Gasteiger partial charge in [-0.05, 0) is 31.5 Å². The van der Waals surface area contributed by atoms with Gasteiger partial charge in [-0.15, -0.1) is 0 Å². The Morgan fingerprint density at radius 2 is 2.21 bits per heavy atom. The zero-order chi connectivity index (χ0) is 13.2. The van der Waals surface area contributed by atoms with Gasteiger partial charge >= 0.3 is 0 Å². The summed E-state index contributed by atoms with van der Waals surface area (Å²) < 4.78 is 0. The van der Waals surface area contributed by atoms with E-state index in [1.165, 1.54) is 25.8 Å². The lowest BCUT2D eigenvalue weighted by Crippen LogP contribution is -2.56. The standard InChI is InChI=1S/C14H18ClN3O/c15-13-9-11(4-5-16-13)14(19)18-8-7-17-6-2-1-3-12(17)10-18/h4-5,9,12H,1-3,6-8,10H2/t12-/m0/s1. The molecule has 102 valence electrons. The van der Waals surface area contributed by atoms with Crippen molar-refractivity contribution >= 4 is 17.5 Å². The van der Waals surface area contributed by atoms with Crippen LogP contribution in [-0.2, 0) is 0 Å². The number of hydrogen-bond acceptors (Lipinski definition) is 3. The first-order valence-corrected chi connectivity index (χ1v) is 7.27. The Hall–Kier alpha value is -1.13. The number of piperidine rings is 1. The molecule has 4 nitrogen and oxygen atoms in total. The molecular formula is C14H18ClN3O. The van der Waals surface area contributed by atoms with E-state index in [-0.39, 0.29) is 5.91 Å². The normalized spacial score (nSPS) is 24.1. The van der Waals surface area contributed by atoms with Crippen LogP contribution in [0.1, 0.15) is 29.6 Å². The van der Waals surface area contributed by atoms with Gasteiger partial charge in [0.05, 0.1) is 0 Å². The molecule has 1 aromatic rings. The van der Waals surface area contributed by atoms with E-state index in [0.717, 1.165) is 19.6 Å². The summed E-state index contributed by atoms with van der Waals surface area (Å²) in [7, 11) is 0. The topological polar surface area (TPSA) is 36.4 Å². The summed E-state index contributed by atoms with van der Waals surface area (Å²) in [5.74, 6) is 0.0783. The van der Waals surface area contributed by atoms with Gasteiger partial charge in [-0.2, -0.15) is 0 Å². The lowest BCUT2D eigenvalue weighted by Gasteiger charge is -2.44. The van der Waals surface area contributed by atoms with E-state index in [1.54, 1.807) is 18.3 Å². The summed E-state index contributed by atoms with van der Waals surface area (Å²) in [6.07, 6.45) is 5.38. The van der Waals surface area contributed by atoms with E-state index in [1.807, 2.05) is 4.90 Å². The van der Waals surface area contributed by atoms with Crippen LogP contribution in [0.25, 0.3) is 0 Å². The van der Waals surface area contributed by atoms with E-state index in [0.29, 0.717) is 16.8 Å². The van der Waals surface area contributed by atoms with E-state index >= 15 is 0 Å². The maximum Gasteiger partial charge on any atom is 0.254 e. The Kier molecular flexibility index (Phi) is 3.71. The zero-order valence-electron chi connectivity index (χ0n) is 10.9. The van der Waals surface area contributed by atoms with Gasteiger partial charge in [-0.25, -0.2) is 4.98 Å². The van der Waals surface area contributed by atoms with Crippen LogP contribution in [0.5, 0.6) is 0 Å². The third kappa shape index (κ3) is 2.74. The number of pyridine rings is 1. The van der Waals surface area contributed by atoms with Crippen molar-refractivity contribution < 1.29 is 4.79 Å². The number of carbonyl (C=O) groups excluding carboxylic acids is 1. The largest absolute Gasteiger partial charge is 0.336 e. The van der Waals surface area contributed by atoms with Crippen molar-refractivity contribution in [2.45, 2.75) is 25.3 Å². The summed E-state index contributed by atoms with van der Waals surface area (Å²) in [5, 5.41) is 0.377. The molecule has 2 aliphatic rings. The molecule has 0 spiro atoms. The van der Waals surface area contributed by atoms with Crippen LogP contribution in [0, 0.1) is 0 Å². The molecule has 0 N–H and O–H groups in total. The molecule has 5 heteroatoms. The number of hydrogen-bond donors (Lipinski definition) is 0. The highest BCUT2D eigenvalue weighted by Crippen LogP contribution is 2.22. The van der Waals surface area contributed by atoms with E-state index in [2.05, 4.69) is 9.88 Å². The minimum absolute atomic E-state index is 0.0783. The SMILES string of the molecule is O=C(c1ccnc(Cl)c1)N1CCN2CCCC[C@H]2C1. The summed E-state index contributed by atoms with van der Waals surface area (Å²) in [4.78, 5) is 20.8. The fraction of sp³-hybridized carbons (Fsp3) is 0.571. The lowest BCUT2D eigenvalue weighted by molar-refractivity contribution is 0.0372. The van der Waals surface area contributed by atoms with Gasteiger partial charge in [-0.3, -0.25) is 9.69 Å². The molecule has 0 saturated carbocycles. The van der Waals surface area contributed by atoms with Gasteiger partial charge < -0.3 is 4.90 Å². The molecule has 2 aliphatic heterocycles. The van der Waals surface area contributed by atoms with Crippen LogP contribution in [0.3, 0.4) is 0 Å². The van der Waals surface area contributed by atoms with Crippen molar-refractivity contribution in [2.75, 3.05) is 26.2 Å². The predicted octanol–water partition coefficient (Wildman–Crippen LogP) is 2.05. The van der Waals surface area contributed by atoms with Crippen LogP contribution in [0.4, 0.5) is 0 Å². The third-order valence-electron chi connectivity index (χ3n) is 4.10. The van der Waals surface area contributed by atoms with Crippen molar-refractivity contribution in [1.29, 1.82) is 0 Å². The summed E-state index contributed by atoms with van der Waals surface area (Å²) >= 11 is 5.85. The van der Waals surface area contributed by atoms with E-state index in [4.69, 9.17) is 11.6 Å². The summed E-state index contributed by atoms with van der Waals surface area (Å²) in [6.45, 7) is 3.84. The van der Waals surface area contributed by atoms with Gasteiger partial charge in [0, 0.05) is 37.4 Å². The first kappa shape index (κ1) is 12.9. The van der Waals surface area contributed by atoms with Crippen LogP contribution < -0.4 is 0 Å². The average molecular weight is 280 g/mol. The highest BCUT2D eigenvalue weighted by atomic mass is 35.5. The zero-order valence-corrected chi connectivity index (χ0v) is 11.6. The molecule has 0 aromatic carbocycles. The fourth-order valence-corrected chi connectivity index (χ4v) is 3.23. The van der Waals surface area contributed by atoms with Crippen molar-refractivity contribution in [2.24, 2.45) is 0 Å².